The van der Waals surface area contributed by atoms with Gasteiger partial charge in [-0.05, 0) is 18.2 Å². The molecular formula is C10H7F3O2. The van der Waals surface area contributed by atoms with Crippen molar-refractivity contribution in [3.63, 3.8) is 0 Å². The molecule has 0 aliphatic carbocycles. The molecule has 0 fully saturated rings. The number of rotatable bonds is 0. The molecule has 1 heterocycles. The molecule has 1 N–H and O–H groups in total. The highest BCUT2D eigenvalue weighted by Crippen LogP contribution is 2.41. The Bertz CT molecular complexity index is 421. The molecule has 0 aromatic heterocycles. The average Bonchev–Trinajstić information content (AvgIpc) is 2.15. The molecule has 1 aliphatic heterocycles. The van der Waals surface area contributed by atoms with Crippen molar-refractivity contribution in [2.24, 2.45) is 0 Å². The number of fused-ring (bicyclic) bond motifs is 1. The number of alkyl halides is 3. The van der Waals surface area contributed by atoms with Crippen LogP contribution in [0.5, 0.6) is 11.5 Å². The van der Waals surface area contributed by atoms with Crippen LogP contribution < -0.4 is 4.74 Å². The summed E-state index contributed by atoms with van der Waals surface area (Å²) in [6.07, 6.45) is -3.41. The molecular weight excluding hydrogens is 209 g/mol. The van der Waals surface area contributed by atoms with Crippen molar-refractivity contribution >= 4 is 5.57 Å². The van der Waals surface area contributed by atoms with Gasteiger partial charge in [-0.25, -0.2) is 0 Å². The molecule has 15 heavy (non-hydrogen) atoms. The van der Waals surface area contributed by atoms with Crippen LogP contribution in [0.4, 0.5) is 13.2 Å². The second-order valence-electron chi connectivity index (χ2n) is 3.11. The zero-order chi connectivity index (χ0) is 11.1. The largest absolute Gasteiger partial charge is 0.508 e. The molecule has 0 spiro atoms. The summed E-state index contributed by atoms with van der Waals surface area (Å²) in [5, 5.41) is 9.10. The van der Waals surface area contributed by atoms with E-state index in [4.69, 9.17) is 9.84 Å². The van der Waals surface area contributed by atoms with Crippen LogP contribution in [0.2, 0.25) is 0 Å². The molecule has 0 bridgehead atoms. The third-order valence-corrected chi connectivity index (χ3v) is 2.09. The normalized spacial score (nSPS) is 15.3. The van der Waals surface area contributed by atoms with Crippen LogP contribution in [0.25, 0.3) is 5.57 Å². The number of hydrogen-bond acceptors (Lipinski definition) is 2. The minimum Gasteiger partial charge on any atom is -0.508 e. The van der Waals surface area contributed by atoms with Crippen LogP contribution in [0, 0.1) is 0 Å². The van der Waals surface area contributed by atoms with Crippen LogP contribution in [0.15, 0.2) is 24.3 Å². The molecule has 2 nitrogen and oxygen atoms in total. The number of ether oxygens (including phenoxy) is 1. The standard InChI is InChI=1S/C10H7F3O2/c11-10(12,13)8-3-4-15-9-5-6(14)1-2-7(8)9/h1-3,5,14H,4H2. The van der Waals surface area contributed by atoms with Crippen molar-refractivity contribution < 1.29 is 23.0 Å². The maximum atomic E-state index is 12.5. The number of phenolic OH excluding ortho intramolecular Hbond substituents is 1. The smallest absolute Gasteiger partial charge is 0.416 e. The van der Waals surface area contributed by atoms with Gasteiger partial charge in [0, 0.05) is 11.6 Å². The lowest BCUT2D eigenvalue weighted by Gasteiger charge is -2.20. The number of halogens is 3. The number of benzene rings is 1. The molecule has 1 aromatic rings. The number of phenols is 1. The van der Waals surface area contributed by atoms with Gasteiger partial charge in [0.25, 0.3) is 0 Å². The van der Waals surface area contributed by atoms with Crippen LogP contribution in [-0.4, -0.2) is 17.9 Å². The summed E-state index contributed by atoms with van der Waals surface area (Å²) < 4.78 is 42.6. The number of aromatic hydroxyl groups is 1. The highest BCUT2D eigenvalue weighted by molar-refractivity contribution is 5.76. The highest BCUT2D eigenvalue weighted by Gasteiger charge is 2.37. The summed E-state index contributed by atoms with van der Waals surface area (Å²) in [5.41, 5.74) is -0.754. The van der Waals surface area contributed by atoms with Crippen LogP contribution in [0.3, 0.4) is 0 Å². The van der Waals surface area contributed by atoms with Gasteiger partial charge >= 0.3 is 6.18 Å². The lowest BCUT2D eigenvalue weighted by Crippen LogP contribution is -2.16. The molecule has 0 radical (unpaired) electrons. The van der Waals surface area contributed by atoms with Gasteiger partial charge in [0.1, 0.15) is 18.1 Å². The van der Waals surface area contributed by atoms with Gasteiger partial charge in [-0.15, -0.1) is 0 Å². The van der Waals surface area contributed by atoms with Gasteiger partial charge in [0.05, 0.1) is 5.57 Å². The molecule has 80 valence electrons. The van der Waals surface area contributed by atoms with E-state index < -0.39 is 11.7 Å². The predicted molar refractivity (Wildman–Crippen MR) is 47.6 cm³/mol. The second-order valence-corrected chi connectivity index (χ2v) is 3.11. The van der Waals surface area contributed by atoms with Crippen LogP contribution >= 0.6 is 0 Å². The average molecular weight is 216 g/mol. The second kappa shape index (κ2) is 3.18. The molecule has 1 aromatic carbocycles. The van der Waals surface area contributed by atoms with Crippen molar-refractivity contribution in [3.05, 3.63) is 29.8 Å². The van der Waals surface area contributed by atoms with E-state index in [9.17, 15) is 13.2 Å². The molecule has 0 atom stereocenters. The predicted octanol–water partition coefficient (Wildman–Crippen LogP) is 2.73. The fraction of sp³-hybridized carbons (Fsp3) is 0.200. The fourth-order valence-corrected chi connectivity index (χ4v) is 1.45. The summed E-state index contributed by atoms with van der Waals surface area (Å²) in [7, 11) is 0. The van der Waals surface area contributed by atoms with Crippen molar-refractivity contribution in [2.45, 2.75) is 6.18 Å². The number of hydrogen-bond donors (Lipinski definition) is 1. The third-order valence-electron chi connectivity index (χ3n) is 2.09. The quantitative estimate of drug-likeness (QED) is 0.722. The minimum atomic E-state index is -4.39. The van der Waals surface area contributed by atoms with Gasteiger partial charge in [0.2, 0.25) is 0 Å². The zero-order valence-corrected chi connectivity index (χ0v) is 7.51. The van der Waals surface area contributed by atoms with Gasteiger partial charge in [-0.2, -0.15) is 13.2 Å². The Hall–Kier alpha value is -1.65. The Morgan fingerprint density at radius 2 is 2.00 bits per heavy atom. The van der Waals surface area contributed by atoms with Gasteiger partial charge in [-0.1, -0.05) is 0 Å². The maximum absolute atomic E-state index is 12.5. The van der Waals surface area contributed by atoms with Gasteiger partial charge < -0.3 is 9.84 Å². The molecule has 0 saturated carbocycles. The first-order valence-corrected chi connectivity index (χ1v) is 4.22. The Labute approximate surface area is 83.6 Å². The SMILES string of the molecule is Oc1ccc2c(c1)OCC=C2C(F)(F)F. The highest BCUT2D eigenvalue weighted by atomic mass is 19.4. The van der Waals surface area contributed by atoms with Crippen molar-refractivity contribution in [2.75, 3.05) is 6.61 Å². The summed E-state index contributed by atoms with van der Waals surface area (Å²) in [5.74, 6) is -0.0537. The van der Waals surface area contributed by atoms with E-state index >= 15 is 0 Å². The van der Waals surface area contributed by atoms with Crippen molar-refractivity contribution in [3.8, 4) is 11.5 Å². The van der Waals surface area contributed by atoms with E-state index in [1.54, 1.807) is 0 Å². The first-order valence-electron chi connectivity index (χ1n) is 4.22. The Balaban J connectivity index is 2.52. The summed E-state index contributed by atoms with van der Waals surface area (Å²) >= 11 is 0. The van der Waals surface area contributed by atoms with Gasteiger partial charge in [-0.3, -0.25) is 0 Å². The summed E-state index contributed by atoms with van der Waals surface area (Å²) in [6.45, 7) is -0.134. The Morgan fingerprint density at radius 3 is 2.67 bits per heavy atom. The first kappa shape index (κ1) is 9.89. The Morgan fingerprint density at radius 1 is 1.27 bits per heavy atom. The van der Waals surface area contributed by atoms with E-state index in [-0.39, 0.29) is 23.7 Å². The monoisotopic (exact) mass is 216 g/mol. The molecule has 5 heteroatoms. The third kappa shape index (κ3) is 1.77. The molecule has 0 amide bonds. The first-order chi connectivity index (χ1) is 6.98. The fourth-order valence-electron chi connectivity index (χ4n) is 1.45. The molecule has 0 unspecified atom stereocenters. The van der Waals surface area contributed by atoms with Crippen molar-refractivity contribution in [1.29, 1.82) is 0 Å². The van der Waals surface area contributed by atoms with E-state index in [0.29, 0.717) is 0 Å². The summed E-state index contributed by atoms with van der Waals surface area (Å²) in [6, 6.07) is 3.57. The molecule has 0 saturated heterocycles. The molecule has 1 aliphatic rings. The van der Waals surface area contributed by atoms with Gasteiger partial charge in [0.15, 0.2) is 0 Å². The summed E-state index contributed by atoms with van der Waals surface area (Å²) in [4.78, 5) is 0. The lowest BCUT2D eigenvalue weighted by molar-refractivity contribution is -0.0697. The maximum Gasteiger partial charge on any atom is 0.416 e. The van der Waals surface area contributed by atoms with E-state index in [0.717, 1.165) is 6.08 Å². The Kier molecular flexibility index (Phi) is 2.10. The van der Waals surface area contributed by atoms with Crippen LogP contribution in [0.1, 0.15) is 5.56 Å². The topological polar surface area (TPSA) is 29.5 Å². The van der Waals surface area contributed by atoms with Crippen LogP contribution in [-0.2, 0) is 0 Å². The lowest BCUT2D eigenvalue weighted by atomic mass is 10.0. The minimum absolute atomic E-state index is 0.0356. The number of allylic oxidation sites excluding steroid dienone is 1. The zero-order valence-electron chi connectivity index (χ0n) is 7.51. The van der Waals surface area contributed by atoms with Crippen molar-refractivity contribution in [1.82, 2.24) is 0 Å². The molecule has 2 rings (SSSR count). The van der Waals surface area contributed by atoms with E-state index in [1.807, 2.05) is 0 Å². The van der Waals surface area contributed by atoms with E-state index in [2.05, 4.69) is 0 Å². The van der Waals surface area contributed by atoms with E-state index in [1.165, 1.54) is 18.2 Å².